The third-order valence-corrected chi connectivity index (χ3v) is 3.15. The Bertz CT molecular complexity index is 277. The molecule has 1 aliphatic carbocycles. The zero-order valence-corrected chi connectivity index (χ0v) is 10.9. The van der Waals surface area contributed by atoms with E-state index in [2.05, 4.69) is 15.0 Å². The molecule has 1 aliphatic rings. The second-order valence-electron chi connectivity index (χ2n) is 4.79. The van der Waals surface area contributed by atoms with Gasteiger partial charge in [-0.3, -0.25) is 4.79 Å². The maximum Gasteiger partial charge on any atom is 0.329 e. The molecule has 5 nitrogen and oxygen atoms in total. The number of esters is 1. The van der Waals surface area contributed by atoms with Crippen LogP contribution in [-0.4, -0.2) is 50.1 Å². The maximum absolute atomic E-state index is 11.5. The molecule has 0 aromatic heterocycles. The Morgan fingerprint density at radius 2 is 2.12 bits per heavy atom. The largest absolute Gasteiger partial charge is 0.467 e. The quantitative estimate of drug-likeness (QED) is 0.685. The van der Waals surface area contributed by atoms with Gasteiger partial charge in [-0.25, -0.2) is 4.79 Å². The highest BCUT2D eigenvalue weighted by atomic mass is 16.5. The van der Waals surface area contributed by atoms with Gasteiger partial charge in [0.2, 0.25) is 5.91 Å². The van der Waals surface area contributed by atoms with Crippen LogP contribution in [0, 0.1) is 5.92 Å². The molecule has 0 bridgehead atoms. The molecule has 0 aliphatic heterocycles. The van der Waals surface area contributed by atoms with Gasteiger partial charge in [0.25, 0.3) is 0 Å². The molecule has 0 aromatic carbocycles. The molecule has 1 amide bonds. The Balaban J connectivity index is 2.39. The topological polar surface area (TPSA) is 58.6 Å². The highest BCUT2D eigenvalue weighted by Gasteiger charge is 2.24. The third kappa shape index (κ3) is 4.73. The van der Waals surface area contributed by atoms with Gasteiger partial charge in [0.1, 0.15) is 6.04 Å². The number of methoxy groups -OCH3 is 1. The van der Waals surface area contributed by atoms with E-state index in [0.29, 0.717) is 6.54 Å². The van der Waals surface area contributed by atoms with Crippen molar-refractivity contribution in [2.45, 2.75) is 32.2 Å². The standard InChI is InChI=1S/C12H22N2O3/c1-9(15)13-11(12(16)17-3)8-14(2)7-10-5-4-6-10/h10-11H,4-8H2,1-3H3,(H,13,15). The van der Waals surface area contributed by atoms with E-state index in [9.17, 15) is 9.59 Å². The zero-order chi connectivity index (χ0) is 12.8. The normalized spacial score (nSPS) is 17.4. The van der Waals surface area contributed by atoms with E-state index in [0.717, 1.165) is 12.5 Å². The number of carbonyl (C=O) groups excluding carboxylic acids is 2. The molecule has 1 fully saturated rings. The van der Waals surface area contributed by atoms with Crippen LogP contribution in [0.5, 0.6) is 0 Å². The number of rotatable bonds is 6. The van der Waals surface area contributed by atoms with Crippen molar-refractivity contribution in [3.05, 3.63) is 0 Å². The summed E-state index contributed by atoms with van der Waals surface area (Å²) in [5, 5.41) is 2.62. The zero-order valence-electron chi connectivity index (χ0n) is 10.9. The number of hydrogen-bond acceptors (Lipinski definition) is 4. The van der Waals surface area contributed by atoms with Gasteiger partial charge in [-0.15, -0.1) is 0 Å². The molecular formula is C12H22N2O3. The molecule has 0 aromatic rings. The van der Waals surface area contributed by atoms with Crippen molar-refractivity contribution in [3.8, 4) is 0 Å². The summed E-state index contributed by atoms with van der Waals surface area (Å²) >= 11 is 0. The minimum absolute atomic E-state index is 0.211. The minimum atomic E-state index is -0.567. The molecule has 1 rings (SSSR count). The average molecular weight is 242 g/mol. The molecule has 98 valence electrons. The van der Waals surface area contributed by atoms with E-state index in [1.54, 1.807) is 0 Å². The van der Waals surface area contributed by atoms with Gasteiger partial charge in [-0.1, -0.05) is 6.42 Å². The average Bonchev–Trinajstić information content (AvgIpc) is 2.21. The van der Waals surface area contributed by atoms with Crippen molar-refractivity contribution in [2.24, 2.45) is 5.92 Å². The summed E-state index contributed by atoms with van der Waals surface area (Å²) in [6.45, 7) is 2.89. The van der Waals surface area contributed by atoms with Crippen LogP contribution < -0.4 is 5.32 Å². The summed E-state index contributed by atoms with van der Waals surface area (Å²) < 4.78 is 4.68. The van der Waals surface area contributed by atoms with E-state index in [1.165, 1.54) is 33.3 Å². The minimum Gasteiger partial charge on any atom is -0.467 e. The number of ether oxygens (including phenoxy) is 1. The van der Waals surface area contributed by atoms with Crippen LogP contribution in [0.4, 0.5) is 0 Å². The predicted octanol–water partition coefficient (Wildman–Crippen LogP) is 0.396. The molecule has 0 spiro atoms. The van der Waals surface area contributed by atoms with Gasteiger partial charge in [0.05, 0.1) is 7.11 Å². The number of nitrogens with zero attached hydrogens (tertiary/aromatic N) is 1. The van der Waals surface area contributed by atoms with Crippen molar-refractivity contribution in [1.29, 1.82) is 0 Å². The molecule has 5 heteroatoms. The molecule has 0 saturated heterocycles. The monoisotopic (exact) mass is 242 g/mol. The predicted molar refractivity (Wildman–Crippen MR) is 64.5 cm³/mol. The highest BCUT2D eigenvalue weighted by Crippen LogP contribution is 2.26. The van der Waals surface area contributed by atoms with Crippen molar-refractivity contribution >= 4 is 11.9 Å². The van der Waals surface area contributed by atoms with Crippen molar-refractivity contribution < 1.29 is 14.3 Å². The fourth-order valence-electron chi connectivity index (χ4n) is 2.07. The Morgan fingerprint density at radius 3 is 2.53 bits per heavy atom. The summed E-state index contributed by atoms with van der Waals surface area (Å²) in [7, 11) is 3.30. The van der Waals surface area contributed by atoms with Crippen LogP contribution in [0.1, 0.15) is 26.2 Å². The number of amides is 1. The summed E-state index contributed by atoms with van der Waals surface area (Å²) in [5.41, 5.74) is 0. The molecule has 1 saturated carbocycles. The number of likely N-dealkylation sites (N-methyl/N-ethyl adjacent to an activating group) is 1. The first-order valence-corrected chi connectivity index (χ1v) is 6.06. The van der Waals surface area contributed by atoms with E-state index in [-0.39, 0.29) is 11.9 Å². The number of nitrogens with one attached hydrogen (secondary N) is 1. The fourth-order valence-corrected chi connectivity index (χ4v) is 2.07. The van der Waals surface area contributed by atoms with Gasteiger partial charge < -0.3 is 15.0 Å². The number of hydrogen-bond donors (Lipinski definition) is 1. The smallest absolute Gasteiger partial charge is 0.329 e. The Hall–Kier alpha value is -1.10. The van der Waals surface area contributed by atoms with Crippen LogP contribution >= 0.6 is 0 Å². The summed E-state index contributed by atoms with van der Waals surface area (Å²) in [6.07, 6.45) is 3.85. The molecule has 1 atom stereocenters. The Labute approximate surface area is 102 Å². The van der Waals surface area contributed by atoms with Crippen molar-refractivity contribution in [1.82, 2.24) is 10.2 Å². The van der Waals surface area contributed by atoms with Crippen LogP contribution in [-0.2, 0) is 14.3 Å². The second-order valence-corrected chi connectivity index (χ2v) is 4.79. The lowest BCUT2D eigenvalue weighted by Crippen LogP contribution is -2.48. The Kier molecular flexibility index (Phi) is 5.41. The van der Waals surface area contributed by atoms with E-state index < -0.39 is 6.04 Å². The van der Waals surface area contributed by atoms with E-state index in [1.807, 2.05) is 7.05 Å². The SMILES string of the molecule is COC(=O)C(CN(C)CC1CCC1)NC(C)=O. The third-order valence-electron chi connectivity index (χ3n) is 3.15. The first-order valence-electron chi connectivity index (χ1n) is 6.06. The van der Waals surface area contributed by atoms with E-state index >= 15 is 0 Å². The molecule has 1 unspecified atom stereocenters. The van der Waals surface area contributed by atoms with Crippen molar-refractivity contribution in [3.63, 3.8) is 0 Å². The van der Waals surface area contributed by atoms with Gasteiger partial charge in [0.15, 0.2) is 0 Å². The van der Waals surface area contributed by atoms with Crippen molar-refractivity contribution in [2.75, 3.05) is 27.2 Å². The van der Waals surface area contributed by atoms with Crippen LogP contribution in [0.2, 0.25) is 0 Å². The molecule has 0 heterocycles. The van der Waals surface area contributed by atoms with Gasteiger partial charge >= 0.3 is 5.97 Å². The first kappa shape index (κ1) is 14.0. The lowest BCUT2D eigenvalue weighted by molar-refractivity contribution is -0.145. The lowest BCUT2D eigenvalue weighted by atomic mass is 9.85. The van der Waals surface area contributed by atoms with E-state index in [4.69, 9.17) is 0 Å². The van der Waals surface area contributed by atoms with Crippen LogP contribution in [0.25, 0.3) is 0 Å². The molecule has 0 radical (unpaired) electrons. The first-order chi connectivity index (χ1) is 8.02. The van der Waals surface area contributed by atoms with Gasteiger partial charge in [-0.05, 0) is 25.8 Å². The fraction of sp³-hybridized carbons (Fsp3) is 0.833. The Morgan fingerprint density at radius 1 is 1.47 bits per heavy atom. The molecular weight excluding hydrogens is 220 g/mol. The highest BCUT2D eigenvalue weighted by molar-refractivity contribution is 5.83. The summed E-state index contributed by atoms with van der Waals surface area (Å²) in [4.78, 5) is 24.6. The summed E-state index contributed by atoms with van der Waals surface area (Å²) in [5.74, 6) is 0.147. The molecule has 1 N–H and O–H groups in total. The number of carbonyl (C=O) groups is 2. The van der Waals surface area contributed by atoms with Gasteiger partial charge in [-0.2, -0.15) is 0 Å². The van der Waals surface area contributed by atoms with Gasteiger partial charge in [0, 0.05) is 20.0 Å². The maximum atomic E-state index is 11.5. The lowest BCUT2D eigenvalue weighted by Gasteiger charge is -2.31. The second kappa shape index (κ2) is 6.59. The summed E-state index contributed by atoms with van der Waals surface area (Å²) in [6, 6.07) is -0.567. The molecule has 17 heavy (non-hydrogen) atoms. The van der Waals surface area contributed by atoms with Crippen LogP contribution in [0.3, 0.4) is 0 Å². The van der Waals surface area contributed by atoms with Crippen LogP contribution in [0.15, 0.2) is 0 Å².